The maximum Gasteiger partial charge on any atom is 0.167 e. The lowest BCUT2D eigenvalue weighted by Gasteiger charge is -2.39. The highest BCUT2D eigenvalue weighted by atomic mass is 16.5. The predicted molar refractivity (Wildman–Crippen MR) is 121 cm³/mol. The molecule has 3 heteroatoms. The van der Waals surface area contributed by atoms with E-state index >= 15 is 0 Å². The van der Waals surface area contributed by atoms with Gasteiger partial charge in [0.25, 0.3) is 0 Å². The van der Waals surface area contributed by atoms with Gasteiger partial charge in [-0.1, -0.05) is 52.8 Å². The fraction of sp³-hybridized carbons (Fsp3) is 0.731. The van der Waals surface area contributed by atoms with Crippen LogP contribution in [0.3, 0.4) is 0 Å². The first kappa shape index (κ1) is 20.9. The molecule has 0 radical (unpaired) electrons. The van der Waals surface area contributed by atoms with E-state index < -0.39 is 0 Å². The van der Waals surface area contributed by atoms with Crippen LogP contribution in [0.25, 0.3) is 11.0 Å². The molecule has 1 aromatic heterocycles. The Labute approximate surface area is 177 Å². The molecule has 4 rings (SSSR count). The van der Waals surface area contributed by atoms with Crippen molar-refractivity contribution < 1.29 is 4.52 Å². The van der Waals surface area contributed by atoms with Crippen molar-refractivity contribution in [1.82, 2.24) is 10.1 Å². The fourth-order valence-electron chi connectivity index (χ4n) is 5.64. The highest BCUT2D eigenvalue weighted by Crippen LogP contribution is 2.41. The highest BCUT2D eigenvalue weighted by Gasteiger charge is 2.32. The van der Waals surface area contributed by atoms with E-state index in [9.17, 15) is 0 Å². The average Bonchev–Trinajstić information content (AvgIpc) is 3.27. The SMILES string of the molecule is CC(C)(C)c1noc2cc(C3CC[C@@H](CN4CCC(C(C)(C)C)CC4)C3)ccc12. The molecule has 0 N–H and O–H groups in total. The smallest absolute Gasteiger partial charge is 0.167 e. The monoisotopic (exact) mass is 396 g/mol. The van der Waals surface area contributed by atoms with Gasteiger partial charge in [-0.2, -0.15) is 0 Å². The second-order valence-electron chi connectivity index (χ2n) is 11.9. The van der Waals surface area contributed by atoms with Crippen LogP contribution in [0.15, 0.2) is 22.7 Å². The lowest BCUT2D eigenvalue weighted by atomic mass is 9.75. The van der Waals surface area contributed by atoms with Crippen molar-refractivity contribution in [3.8, 4) is 0 Å². The predicted octanol–water partition coefficient (Wildman–Crippen LogP) is 6.77. The van der Waals surface area contributed by atoms with Gasteiger partial charge < -0.3 is 9.42 Å². The second-order valence-corrected chi connectivity index (χ2v) is 11.9. The molecule has 1 aliphatic heterocycles. The van der Waals surface area contributed by atoms with E-state index in [4.69, 9.17) is 4.52 Å². The molecule has 1 aromatic carbocycles. The largest absolute Gasteiger partial charge is 0.356 e. The molecule has 2 heterocycles. The normalized spacial score (nSPS) is 25.2. The third kappa shape index (κ3) is 4.55. The third-order valence-corrected chi connectivity index (χ3v) is 7.55. The van der Waals surface area contributed by atoms with Crippen LogP contribution in [0.5, 0.6) is 0 Å². The van der Waals surface area contributed by atoms with Crippen LogP contribution in [0.4, 0.5) is 0 Å². The van der Waals surface area contributed by atoms with Crippen molar-refractivity contribution >= 4 is 11.0 Å². The van der Waals surface area contributed by atoms with Crippen LogP contribution in [0.2, 0.25) is 0 Å². The van der Waals surface area contributed by atoms with Gasteiger partial charge in [0.15, 0.2) is 5.58 Å². The Bertz CT molecular complexity index is 830. The van der Waals surface area contributed by atoms with Gasteiger partial charge in [-0.3, -0.25) is 0 Å². The van der Waals surface area contributed by atoms with Gasteiger partial charge in [-0.25, -0.2) is 0 Å². The molecule has 1 saturated carbocycles. The zero-order valence-electron chi connectivity index (χ0n) is 19.4. The number of hydrogen-bond donors (Lipinski definition) is 0. The first-order valence-corrected chi connectivity index (χ1v) is 11.7. The number of hydrogen-bond acceptors (Lipinski definition) is 3. The lowest BCUT2D eigenvalue weighted by molar-refractivity contribution is 0.101. The molecular weight excluding hydrogens is 356 g/mol. The molecule has 1 saturated heterocycles. The number of piperidine rings is 1. The summed E-state index contributed by atoms with van der Waals surface area (Å²) in [5.74, 6) is 2.42. The first-order valence-electron chi connectivity index (χ1n) is 11.7. The summed E-state index contributed by atoms with van der Waals surface area (Å²) in [6.07, 6.45) is 6.75. The minimum absolute atomic E-state index is 0.0195. The summed E-state index contributed by atoms with van der Waals surface area (Å²) in [4.78, 5) is 2.74. The minimum Gasteiger partial charge on any atom is -0.356 e. The molecule has 2 aliphatic rings. The number of benzene rings is 1. The second kappa shape index (κ2) is 7.72. The van der Waals surface area contributed by atoms with Crippen molar-refractivity contribution in [3.63, 3.8) is 0 Å². The molecule has 2 fully saturated rings. The minimum atomic E-state index is 0.0195. The Hall–Kier alpha value is -1.35. The van der Waals surface area contributed by atoms with Crippen molar-refractivity contribution in [2.45, 2.75) is 85.0 Å². The molecule has 160 valence electrons. The standard InChI is InChI=1S/C26H40N2O/c1-25(2,3)21-11-13-28(14-12-21)17-18-7-8-19(15-18)20-9-10-22-23(16-20)29-27-24(22)26(4,5)6/h9-10,16,18-19,21H,7-8,11-15,17H2,1-6H3/t18-,19?/m1/s1. The first-order chi connectivity index (χ1) is 13.6. The molecule has 3 nitrogen and oxygen atoms in total. The maximum absolute atomic E-state index is 5.70. The van der Waals surface area contributed by atoms with E-state index in [-0.39, 0.29) is 5.41 Å². The van der Waals surface area contributed by atoms with Crippen LogP contribution < -0.4 is 0 Å². The molecule has 2 aromatic rings. The maximum atomic E-state index is 5.70. The molecule has 0 bridgehead atoms. The summed E-state index contributed by atoms with van der Waals surface area (Å²) < 4.78 is 5.70. The number of fused-ring (bicyclic) bond motifs is 1. The molecule has 29 heavy (non-hydrogen) atoms. The Morgan fingerprint density at radius 1 is 1.00 bits per heavy atom. The zero-order chi connectivity index (χ0) is 20.8. The van der Waals surface area contributed by atoms with Gasteiger partial charge in [-0.15, -0.1) is 0 Å². The quantitative estimate of drug-likeness (QED) is 0.573. The molecular formula is C26H40N2O. The van der Waals surface area contributed by atoms with Gasteiger partial charge in [0.2, 0.25) is 0 Å². The summed E-state index contributed by atoms with van der Waals surface area (Å²) in [5, 5.41) is 5.55. The summed E-state index contributed by atoms with van der Waals surface area (Å²) in [6.45, 7) is 17.7. The average molecular weight is 397 g/mol. The Morgan fingerprint density at radius 2 is 1.72 bits per heavy atom. The van der Waals surface area contributed by atoms with E-state index in [1.54, 1.807) is 0 Å². The zero-order valence-corrected chi connectivity index (χ0v) is 19.4. The van der Waals surface area contributed by atoms with Gasteiger partial charge in [0, 0.05) is 17.3 Å². The Kier molecular flexibility index (Phi) is 5.57. The molecule has 1 aliphatic carbocycles. The van der Waals surface area contributed by atoms with E-state index in [2.05, 4.69) is 69.8 Å². The van der Waals surface area contributed by atoms with Crippen molar-refractivity contribution in [3.05, 3.63) is 29.5 Å². The summed E-state index contributed by atoms with van der Waals surface area (Å²) in [7, 11) is 0. The van der Waals surface area contributed by atoms with Crippen LogP contribution in [-0.4, -0.2) is 29.7 Å². The van der Waals surface area contributed by atoms with Gasteiger partial charge in [-0.05, 0) is 86.1 Å². The van der Waals surface area contributed by atoms with E-state index in [1.165, 1.54) is 62.7 Å². The van der Waals surface area contributed by atoms with E-state index in [0.29, 0.717) is 11.3 Å². The van der Waals surface area contributed by atoms with Gasteiger partial charge in [0.05, 0.1) is 5.69 Å². The lowest BCUT2D eigenvalue weighted by Crippen LogP contribution is -2.40. The number of aromatic nitrogens is 1. The molecule has 1 unspecified atom stereocenters. The van der Waals surface area contributed by atoms with Crippen molar-refractivity contribution in [2.24, 2.45) is 17.3 Å². The van der Waals surface area contributed by atoms with Crippen LogP contribution in [0, 0.1) is 17.3 Å². The highest BCUT2D eigenvalue weighted by molar-refractivity contribution is 5.81. The number of rotatable bonds is 3. The van der Waals surface area contributed by atoms with Gasteiger partial charge in [0.1, 0.15) is 0 Å². The molecule has 0 spiro atoms. The van der Waals surface area contributed by atoms with E-state index in [1.807, 2.05) is 0 Å². The van der Waals surface area contributed by atoms with E-state index in [0.717, 1.165) is 23.1 Å². The topological polar surface area (TPSA) is 29.3 Å². The Morgan fingerprint density at radius 3 is 2.38 bits per heavy atom. The summed E-state index contributed by atoms with van der Waals surface area (Å²) >= 11 is 0. The summed E-state index contributed by atoms with van der Waals surface area (Å²) in [5.41, 5.74) is 3.97. The fourth-order valence-corrected chi connectivity index (χ4v) is 5.64. The third-order valence-electron chi connectivity index (χ3n) is 7.55. The van der Waals surface area contributed by atoms with Crippen molar-refractivity contribution in [1.29, 1.82) is 0 Å². The van der Waals surface area contributed by atoms with Crippen LogP contribution in [-0.2, 0) is 5.41 Å². The molecule has 2 atom stereocenters. The van der Waals surface area contributed by atoms with Crippen LogP contribution in [0.1, 0.15) is 90.8 Å². The molecule has 0 amide bonds. The summed E-state index contributed by atoms with van der Waals surface area (Å²) in [6, 6.07) is 6.84. The Balaban J connectivity index is 1.35. The number of nitrogens with zero attached hydrogens (tertiary/aromatic N) is 2. The van der Waals surface area contributed by atoms with Gasteiger partial charge >= 0.3 is 0 Å². The van der Waals surface area contributed by atoms with Crippen LogP contribution >= 0.6 is 0 Å². The number of likely N-dealkylation sites (tertiary alicyclic amines) is 1. The van der Waals surface area contributed by atoms with Crippen molar-refractivity contribution in [2.75, 3.05) is 19.6 Å².